The zero-order chi connectivity index (χ0) is 24.0. The number of hydrogen-bond donors (Lipinski definition) is 3. The monoisotopic (exact) mass is 472 g/mol. The lowest BCUT2D eigenvalue weighted by Crippen LogP contribution is -2.49. The number of urea groups is 1. The highest BCUT2D eigenvalue weighted by Gasteiger charge is 2.27. The van der Waals surface area contributed by atoms with Gasteiger partial charge in [0.1, 0.15) is 16.9 Å². The molecule has 33 heavy (non-hydrogen) atoms. The molecule has 0 bridgehead atoms. The second-order valence-corrected chi connectivity index (χ2v) is 8.15. The van der Waals surface area contributed by atoms with E-state index in [0.29, 0.717) is 22.7 Å². The smallest absolute Gasteiger partial charge is 0.319 e. The van der Waals surface area contributed by atoms with Crippen molar-refractivity contribution >= 4 is 39.8 Å². The Balaban J connectivity index is 1.65. The van der Waals surface area contributed by atoms with Crippen molar-refractivity contribution in [2.45, 2.75) is 26.3 Å². The van der Waals surface area contributed by atoms with Crippen LogP contribution in [0, 0.1) is 21.8 Å². The molecule has 2 atom stereocenters. The minimum atomic E-state index is -0.869. The Labute approximate surface area is 192 Å². The lowest BCUT2D eigenvalue weighted by Gasteiger charge is -2.23. The summed E-state index contributed by atoms with van der Waals surface area (Å²) >= 11 is 1.12. The summed E-state index contributed by atoms with van der Waals surface area (Å²) in [5.74, 6) is -1.03. The van der Waals surface area contributed by atoms with Crippen molar-refractivity contribution in [1.82, 2.24) is 15.5 Å². The third-order valence-electron chi connectivity index (χ3n) is 4.86. The zero-order valence-corrected chi connectivity index (χ0v) is 18.6. The molecule has 10 nitrogen and oxygen atoms in total. The van der Waals surface area contributed by atoms with Crippen LogP contribution in [0.2, 0.25) is 0 Å². The molecule has 1 aromatic heterocycles. The standard InChI is InChI=1S/C21H21FN6O4S/c1-3-12(2)17(24-20(30)23-15-8-10-16(11-9-15)28(31)32)18(29)25-21-27-26-19(33-21)13-4-6-14(22)7-5-13/h4-12,17H,3H2,1-2H3,(H2,23,24,30)(H,25,27,29). The molecular weight excluding hydrogens is 451 g/mol. The van der Waals surface area contributed by atoms with Gasteiger partial charge in [-0.2, -0.15) is 0 Å². The molecule has 0 saturated heterocycles. The van der Waals surface area contributed by atoms with Crippen LogP contribution in [0.3, 0.4) is 0 Å². The van der Waals surface area contributed by atoms with E-state index in [2.05, 4.69) is 26.1 Å². The SMILES string of the molecule is CCC(C)C(NC(=O)Nc1ccc([N+](=O)[O-])cc1)C(=O)Nc1nnc(-c2ccc(F)cc2)s1. The Morgan fingerprint density at radius 1 is 1.09 bits per heavy atom. The predicted molar refractivity (Wildman–Crippen MR) is 122 cm³/mol. The molecule has 0 aliphatic heterocycles. The zero-order valence-electron chi connectivity index (χ0n) is 17.7. The molecule has 0 aliphatic carbocycles. The van der Waals surface area contributed by atoms with E-state index >= 15 is 0 Å². The molecule has 0 aliphatic rings. The van der Waals surface area contributed by atoms with Crippen molar-refractivity contribution in [3.05, 3.63) is 64.5 Å². The summed E-state index contributed by atoms with van der Waals surface area (Å²) in [6.45, 7) is 3.71. The Morgan fingerprint density at radius 3 is 2.36 bits per heavy atom. The van der Waals surface area contributed by atoms with Crippen molar-refractivity contribution in [1.29, 1.82) is 0 Å². The van der Waals surface area contributed by atoms with E-state index in [9.17, 15) is 24.1 Å². The fourth-order valence-electron chi connectivity index (χ4n) is 2.84. The summed E-state index contributed by atoms with van der Waals surface area (Å²) in [6, 6.07) is 9.57. The number of halogens is 1. The molecule has 3 rings (SSSR count). The number of nitrogens with one attached hydrogen (secondary N) is 3. The Bertz CT molecular complexity index is 1140. The molecule has 3 amide bonds. The average molecular weight is 473 g/mol. The van der Waals surface area contributed by atoms with E-state index in [0.717, 1.165) is 11.3 Å². The largest absolute Gasteiger partial charge is 0.326 e. The van der Waals surface area contributed by atoms with Gasteiger partial charge in [-0.15, -0.1) is 10.2 Å². The van der Waals surface area contributed by atoms with Gasteiger partial charge in [0, 0.05) is 23.4 Å². The number of non-ortho nitro benzene ring substituents is 1. The lowest BCUT2D eigenvalue weighted by atomic mass is 9.98. The molecule has 12 heteroatoms. The van der Waals surface area contributed by atoms with Gasteiger partial charge >= 0.3 is 6.03 Å². The van der Waals surface area contributed by atoms with Crippen LogP contribution >= 0.6 is 11.3 Å². The number of nitrogens with zero attached hydrogens (tertiary/aromatic N) is 3. The second kappa shape index (κ2) is 10.6. The summed E-state index contributed by atoms with van der Waals surface area (Å²) in [5.41, 5.74) is 0.901. The van der Waals surface area contributed by atoms with Crippen molar-refractivity contribution in [3.8, 4) is 10.6 Å². The van der Waals surface area contributed by atoms with Crippen molar-refractivity contribution in [2.75, 3.05) is 10.6 Å². The molecular formula is C21H21FN6O4S. The number of nitro benzene ring substituents is 1. The molecule has 172 valence electrons. The predicted octanol–water partition coefficient (Wildman–Crippen LogP) is 4.43. The van der Waals surface area contributed by atoms with Gasteiger partial charge in [0.2, 0.25) is 11.0 Å². The summed E-state index contributed by atoms with van der Waals surface area (Å²) in [7, 11) is 0. The van der Waals surface area contributed by atoms with E-state index in [4.69, 9.17) is 0 Å². The highest BCUT2D eigenvalue weighted by Crippen LogP contribution is 2.26. The molecule has 0 spiro atoms. The van der Waals surface area contributed by atoms with Crippen LogP contribution in [0.15, 0.2) is 48.5 Å². The first-order valence-corrected chi connectivity index (χ1v) is 10.8. The molecule has 0 saturated carbocycles. The first-order chi connectivity index (χ1) is 15.8. The van der Waals surface area contributed by atoms with Crippen molar-refractivity contribution in [3.63, 3.8) is 0 Å². The summed E-state index contributed by atoms with van der Waals surface area (Å²) < 4.78 is 13.1. The maximum absolute atomic E-state index is 13.1. The molecule has 0 radical (unpaired) electrons. The minimum absolute atomic E-state index is 0.102. The van der Waals surface area contributed by atoms with Gasteiger partial charge in [0.15, 0.2) is 0 Å². The maximum atomic E-state index is 13.1. The number of rotatable bonds is 8. The first-order valence-electron chi connectivity index (χ1n) is 9.99. The lowest BCUT2D eigenvalue weighted by molar-refractivity contribution is -0.384. The van der Waals surface area contributed by atoms with E-state index < -0.39 is 22.9 Å². The van der Waals surface area contributed by atoms with Gasteiger partial charge < -0.3 is 10.6 Å². The van der Waals surface area contributed by atoms with Gasteiger partial charge in [-0.05, 0) is 42.3 Å². The minimum Gasteiger partial charge on any atom is -0.326 e. The van der Waals surface area contributed by atoms with Gasteiger partial charge in [-0.1, -0.05) is 31.6 Å². The topological polar surface area (TPSA) is 139 Å². The maximum Gasteiger partial charge on any atom is 0.319 e. The second-order valence-electron chi connectivity index (χ2n) is 7.17. The van der Waals surface area contributed by atoms with Crippen LogP contribution < -0.4 is 16.0 Å². The Kier molecular flexibility index (Phi) is 7.61. The number of aromatic nitrogens is 2. The normalized spacial score (nSPS) is 12.5. The van der Waals surface area contributed by atoms with Crippen LogP contribution in [0.5, 0.6) is 0 Å². The number of anilines is 2. The summed E-state index contributed by atoms with van der Waals surface area (Å²) in [4.78, 5) is 35.5. The van der Waals surface area contributed by atoms with Crippen LogP contribution in [0.1, 0.15) is 20.3 Å². The summed E-state index contributed by atoms with van der Waals surface area (Å²) in [6.07, 6.45) is 0.618. The molecule has 2 aromatic carbocycles. The van der Waals surface area contributed by atoms with Crippen LogP contribution in [-0.4, -0.2) is 33.1 Å². The van der Waals surface area contributed by atoms with E-state index in [-0.39, 0.29) is 22.6 Å². The third kappa shape index (κ3) is 6.29. The van der Waals surface area contributed by atoms with E-state index in [1.807, 2.05) is 13.8 Å². The van der Waals surface area contributed by atoms with Gasteiger partial charge in [0.25, 0.3) is 5.69 Å². The average Bonchev–Trinajstić information content (AvgIpc) is 3.26. The first kappa shape index (κ1) is 23.7. The van der Waals surface area contributed by atoms with Crippen molar-refractivity contribution in [2.24, 2.45) is 5.92 Å². The highest BCUT2D eigenvalue weighted by atomic mass is 32.1. The number of benzene rings is 2. The Morgan fingerprint density at radius 2 is 1.76 bits per heavy atom. The fraction of sp³-hybridized carbons (Fsp3) is 0.238. The number of carbonyl (C=O) groups excluding carboxylic acids is 2. The van der Waals surface area contributed by atoms with E-state index in [1.165, 1.54) is 36.4 Å². The number of nitro groups is 1. The molecule has 2 unspecified atom stereocenters. The Hall–Kier alpha value is -3.93. The molecule has 3 aromatic rings. The molecule has 0 fully saturated rings. The van der Waals surface area contributed by atoms with Gasteiger partial charge in [0.05, 0.1) is 4.92 Å². The van der Waals surface area contributed by atoms with Gasteiger partial charge in [-0.3, -0.25) is 20.2 Å². The number of hydrogen-bond acceptors (Lipinski definition) is 7. The highest BCUT2D eigenvalue weighted by molar-refractivity contribution is 7.18. The fourth-order valence-corrected chi connectivity index (χ4v) is 3.59. The van der Waals surface area contributed by atoms with E-state index in [1.54, 1.807) is 12.1 Å². The summed E-state index contributed by atoms with van der Waals surface area (Å²) in [5, 5.41) is 27.3. The quantitative estimate of drug-likeness (QED) is 0.327. The van der Waals surface area contributed by atoms with Crippen LogP contribution in [0.25, 0.3) is 10.6 Å². The van der Waals surface area contributed by atoms with Crippen molar-refractivity contribution < 1.29 is 18.9 Å². The van der Waals surface area contributed by atoms with Crippen LogP contribution in [-0.2, 0) is 4.79 Å². The van der Waals surface area contributed by atoms with Gasteiger partial charge in [-0.25, -0.2) is 9.18 Å². The molecule has 1 heterocycles. The van der Waals surface area contributed by atoms with Crippen LogP contribution in [0.4, 0.5) is 25.7 Å². The molecule has 3 N–H and O–H groups in total. The number of amides is 3. The number of carbonyl (C=O) groups is 2. The third-order valence-corrected chi connectivity index (χ3v) is 5.75.